The number of carbonyl (C=O) groups excluding carboxylic acids is 3. The number of hydrogen-bond acceptors (Lipinski definition) is 8. The van der Waals surface area contributed by atoms with Gasteiger partial charge in [-0.15, -0.1) is 0 Å². The van der Waals surface area contributed by atoms with Gasteiger partial charge in [0.1, 0.15) is 17.5 Å². The summed E-state index contributed by atoms with van der Waals surface area (Å²) in [5, 5.41) is 23.7. The van der Waals surface area contributed by atoms with Gasteiger partial charge in [-0.1, -0.05) is 24.3 Å². The normalized spacial score (nSPS) is 10.6. The molecule has 1 unspecified atom stereocenters. The molecule has 0 fully saturated rings. The molecule has 0 radical (unpaired) electrons. The van der Waals surface area contributed by atoms with Crippen LogP contribution in [0.4, 0.5) is 0 Å². The lowest BCUT2D eigenvalue weighted by Crippen LogP contribution is -2.27. The van der Waals surface area contributed by atoms with Gasteiger partial charge in [-0.2, -0.15) is 0 Å². The van der Waals surface area contributed by atoms with Crippen molar-refractivity contribution < 1.29 is 43.7 Å². The summed E-state index contributed by atoms with van der Waals surface area (Å²) in [6.45, 7) is 1.38. The molecule has 2 rings (SSSR count). The van der Waals surface area contributed by atoms with E-state index >= 15 is 0 Å². The van der Waals surface area contributed by atoms with Gasteiger partial charge in [0, 0.05) is 23.1 Å². The number of nitrogens with one attached hydrogen (secondary N) is 1. The summed E-state index contributed by atoms with van der Waals surface area (Å²) in [5.74, 6) is -4.59. The Morgan fingerprint density at radius 3 is 1.97 bits per heavy atom. The Balaban J connectivity index is 0.00000182. The second-order valence-electron chi connectivity index (χ2n) is 6.60. The Labute approximate surface area is 194 Å². The fraction of sp³-hybridized carbons (Fsp3) is 0.217. The van der Waals surface area contributed by atoms with Crippen molar-refractivity contribution in [3.8, 4) is 5.75 Å². The van der Waals surface area contributed by atoms with Crippen molar-refractivity contribution in [3.05, 3.63) is 65.2 Å². The van der Waals surface area contributed by atoms with Crippen LogP contribution >= 0.6 is 0 Å². The summed E-state index contributed by atoms with van der Waals surface area (Å²) in [5.41, 5.74) is 6.06. The van der Waals surface area contributed by atoms with Crippen molar-refractivity contribution in [2.75, 3.05) is 13.2 Å². The zero-order valence-corrected chi connectivity index (χ0v) is 18.2. The number of rotatable bonds is 11. The molecule has 0 aromatic heterocycles. The smallest absolute Gasteiger partial charge is 0.344 e. The topological polar surface area (TPSA) is 194 Å². The first-order chi connectivity index (χ1) is 16.1. The second-order valence-corrected chi connectivity index (χ2v) is 6.60. The summed E-state index contributed by atoms with van der Waals surface area (Å²) >= 11 is 0. The van der Waals surface area contributed by atoms with E-state index in [1.54, 1.807) is 6.92 Å². The Morgan fingerprint density at radius 1 is 1.00 bits per heavy atom. The van der Waals surface area contributed by atoms with E-state index in [1.807, 2.05) is 0 Å². The Kier molecular flexibility index (Phi) is 11.1. The molecule has 34 heavy (non-hydrogen) atoms. The first-order valence-corrected chi connectivity index (χ1v) is 9.85. The number of nitrogen functional groups attached to an aromatic ring is 1. The minimum Gasteiger partial charge on any atom is -0.483 e. The molecule has 0 saturated carbocycles. The van der Waals surface area contributed by atoms with E-state index in [0.717, 1.165) is 0 Å². The van der Waals surface area contributed by atoms with E-state index < -0.39 is 35.8 Å². The lowest BCUT2D eigenvalue weighted by atomic mass is 9.90. The third kappa shape index (κ3) is 8.54. The van der Waals surface area contributed by atoms with Gasteiger partial charge in [-0.05, 0) is 31.2 Å². The zero-order valence-electron chi connectivity index (χ0n) is 18.2. The van der Waals surface area contributed by atoms with Crippen LogP contribution in [0.3, 0.4) is 0 Å². The van der Waals surface area contributed by atoms with Crippen LogP contribution in [0.1, 0.15) is 39.6 Å². The molecule has 2 aromatic rings. The van der Waals surface area contributed by atoms with E-state index in [0.29, 0.717) is 11.3 Å². The molecule has 5 N–H and O–H groups in total. The number of ketones is 2. The highest BCUT2D eigenvalue weighted by Crippen LogP contribution is 2.19. The van der Waals surface area contributed by atoms with E-state index in [1.165, 1.54) is 48.5 Å². The monoisotopic (exact) mass is 472 g/mol. The van der Waals surface area contributed by atoms with Crippen molar-refractivity contribution >= 4 is 35.8 Å². The number of hydrogen-bond donors (Lipinski definition) is 4. The Hall–Kier alpha value is -4.54. The average molecular weight is 472 g/mol. The predicted molar refractivity (Wildman–Crippen MR) is 119 cm³/mol. The van der Waals surface area contributed by atoms with Crippen LogP contribution in [-0.2, 0) is 19.1 Å². The molecule has 0 saturated heterocycles. The number of esters is 1. The molecule has 0 heterocycles. The summed E-state index contributed by atoms with van der Waals surface area (Å²) < 4.78 is 9.99. The van der Waals surface area contributed by atoms with Crippen molar-refractivity contribution in [2.24, 2.45) is 11.7 Å². The number of carboxylic acid groups (broad SMARTS) is 2. The number of nitrogens with two attached hydrogens (primary N) is 1. The van der Waals surface area contributed by atoms with Gasteiger partial charge in [0.25, 0.3) is 6.47 Å². The van der Waals surface area contributed by atoms with Gasteiger partial charge in [-0.3, -0.25) is 24.6 Å². The van der Waals surface area contributed by atoms with Crippen LogP contribution in [-0.4, -0.2) is 59.2 Å². The van der Waals surface area contributed by atoms with Gasteiger partial charge in [-0.25, -0.2) is 4.79 Å². The highest BCUT2D eigenvalue weighted by Gasteiger charge is 2.30. The Bertz CT molecular complexity index is 1030. The van der Waals surface area contributed by atoms with Gasteiger partial charge in [0.05, 0.1) is 6.61 Å². The Morgan fingerprint density at radius 2 is 1.50 bits per heavy atom. The van der Waals surface area contributed by atoms with Crippen molar-refractivity contribution in [3.63, 3.8) is 0 Å². The van der Waals surface area contributed by atoms with Crippen molar-refractivity contribution in [1.29, 1.82) is 5.41 Å². The maximum Gasteiger partial charge on any atom is 0.344 e. The zero-order chi connectivity index (χ0) is 25.7. The first-order valence-electron chi connectivity index (χ1n) is 9.85. The van der Waals surface area contributed by atoms with Crippen LogP contribution in [0.5, 0.6) is 5.75 Å². The lowest BCUT2D eigenvalue weighted by Gasteiger charge is -2.12. The highest BCUT2D eigenvalue weighted by molar-refractivity contribution is 6.12. The second kappa shape index (κ2) is 13.8. The molecule has 0 bridgehead atoms. The SMILES string of the molecule is CCOC(=O)COc1ccc(C(=O)CC(C(=O)O)C(=O)c2ccc(C(=N)N)cc2)cc1.O=CO. The number of carboxylic acids is 1. The van der Waals surface area contributed by atoms with Crippen LogP contribution < -0.4 is 10.5 Å². The number of Topliss-reactive ketones (excluding diaryl/α,β-unsaturated/α-hetero) is 2. The van der Waals surface area contributed by atoms with E-state index in [-0.39, 0.29) is 36.6 Å². The van der Waals surface area contributed by atoms with Gasteiger partial charge >= 0.3 is 11.9 Å². The molecule has 2 aromatic carbocycles. The van der Waals surface area contributed by atoms with E-state index in [4.69, 9.17) is 30.5 Å². The van der Waals surface area contributed by atoms with E-state index in [9.17, 15) is 24.3 Å². The average Bonchev–Trinajstić information content (AvgIpc) is 2.81. The molecule has 0 aliphatic rings. The molecular weight excluding hydrogens is 448 g/mol. The predicted octanol–water partition coefficient (Wildman–Crippen LogP) is 1.77. The van der Waals surface area contributed by atoms with Crippen LogP contribution in [0.15, 0.2) is 48.5 Å². The summed E-state index contributed by atoms with van der Waals surface area (Å²) in [6, 6.07) is 11.4. The quantitative estimate of drug-likeness (QED) is 0.0934. The fourth-order valence-corrected chi connectivity index (χ4v) is 2.69. The van der Waals surface area contributed by atoms with Crippen molar-refractivity contribution in [1.82, 2.24) is 0 Å². The highest BCUT2D eigenvalue weighted by atomic mass is 16.6. The minimum absolute atomic E-state index is 0.105. The van der Waals surface area contributed by atoms with Gasteiger partial charge in [0.15, 0.2) is 18.2 Å². The molecule has 0 amide bonds. The molecule has 1 atom stereocenters. The van der Waals surface area contributed by atoms with Crippen LogP contribution in [0.25, 0.3) is 0 Å². The number of amidine groups is 1. The largest absolute Gasteiger partial charge is 0.483 e. The van der Waals surface area contributed by atoms with Gasteiger partial charge < -0.3 is 25.4 Å². The third-order valence-corrected chi connectivity index (χ3v) is 4.32. The number of aliphatic carboxylic acids is 1. The summed E-state index contributed by atoms with van der Waals surface area (Å²) in [6.07, 6.45) is -0.522. The standard InChI is InChI=1S/C22H22N2O7.CH2O2/c1-2-30-19(26)12-31-16-9-7-13(8-10-16)18(25)11-17(22(28)29)20(27)14-3-5-15(6-4-14)21(23)24;2-1-3/h3-10,17H,2,11-12H2,1H3,(H3,23,24)(H,28,29);1H,(H,2,3). The maximum absolute atomic E-state index is 12.6. The molecule has 0 aliphatic carbocycles. The molecular formula is C23H24N2O9. The fourth-order valence-electron chi connectivity index (χ4n) is 2.69. The third-order valence-electron chi connectivity index (χ3n) is 4.32. The first kappa shape index (κ1) is 27.5. The minimum atomic E-state index is -1.56. The summed E-state index contributed by atoms with van der Waals surface area (Å²) in [7, 11) is 0. The number of benzene rings is 2. The molecule has 0 spiro atoms. The van der Waals surface area contributed by atoms with Crippen LogP contribution in [0.2, 0.25) is 0 Å². The molecule has 180 valence electrons. The number of carbonyl (C=O) groups is 5. The van der Waals surface area contributed by atoms with Crippen molar-refractivity contribution in [2.45, 2.75) is 13.3 Å². The van der Waals surface area contributed by atoms with E-state index in [2.05, 4.69) is 0 Å². The van der Waals surface area contributed by atoms with Crippen LogP contribution in [0, 0.1) is 11.3 Å². The van der Waals surface area contributed by atoms with Gasteiger partial charge in [0.2, 0.25) is 0 Å². The molecule has 11 nitrogen and oxygen atoms in total. The lowest BCUT2D eigenvalue weighted by molar-refractivity contribution is -0.145. The molecule has 11 heteroatoms. The molecule has 0 aliphatic heterocycles. The summed E-state index contributed by atoms with van der Waals surface area (Å²) in [4.78, 5) is 56.4. The number of ether oxygens (including phenoxy) is 2. The maximum atomic E-state index is 12.6.